The largest absolute Gasteiger partial charge is 0.339 e. The van der Waals surface area contributed by atoms with E-state index >= 15 is 0 Å². The van der Waals surface area contributed by atoms with Crippen molar-refractivity contribution in [2.75, 3.05) is 13.1 Å². The number of fused-ring (bicyclic) bond motifs is 1. The van der Waals surface area contributed by atoms with E-state index in [1.54, 1.807) is 0 Å². The predicted molar refractivity (Wildman–Crippen MR) is 82.9 cm³/mol. The summed E-state index contributed by atoms with van der Waals surface area (Å²) in [5.41, 5.74) is -0.0934. The van der Waals surface area contributed by atoms with Gasteiger partial charge in [0, 0.05) is 19.5 Å². The quantitative estimate of drug-likeness (QED) is 0.873. The van der Waals surface area contributed by atoms with Crippen molar-refractivity contribution < 1.29 is 9.32 Å². The van der Waals surface area contributed by atoms with Crippen molar-refractivity contribution in [3.8, 4) is 0 Å². The highest BCUT2D eigenvalue weighted by Gasteiger charge is 2.54. The van der Waals surface area contributed by atoms with Gasteiger partial charge in [0.1, 0.15) is 0 Å². The van der Waals surface area contributed by atoms with E-state index in [9.17, 15) is 4.79 Å². The Bertz CT molecular complexity index is 681. The second-order valence-corrected chi connectivity index (χ2v) is 7.22. The zero-order valence-corrected chi connectivity index (χ0v) is 13.4. The molecule has 2 aromatic rings. The molecular weight excluding hydrogens is 298 g/mol. The van der Waals surface area contributed by atoms with Crippen molar-refractivity contribution in [3.05, 3.63) is 34.1 Å². The van der Waals surface area contributed by atoms with Gasteiger partial charge in [0.2, 0.25) is 5.89 Å². The number of hydrogen-bond acceptors (Lipinski definition) is 5. The molecule has 116 valence electrons. The number of likely N-dealkylation sites (tertiary alicyclic amines) is 1. The summed E-state index contributed by atoms with van der Waals surface area (Å²) in [7, 11) is 0. The van der Waals surface area contributed by atoms with E-state index in [0.717, 1.165) is 43.1 Å². The number of nitrogens with zero attached hydrogens (tertiary/aromatic N) is 3. The highest BCUT2D eigenvalue weighted by Crippen LogP contribution is 2.49. The average molecular weight is 317 g/mol. The summed E-state index contributed by atoms with van der Waals surface area (Å²) in [4.78, 5) is 20.0. The molecule has 4 rings (SSSR count). The van der Waals surface area contributed by atoms with Crippen molar-refractivity contribution in [3.63, 3.8) is 0 Å². The number of aromatic nitrogens is 2. The van der Waals surface area contributed by atoms with Crippen molar-refractivity contribution >= 4 is 17.2 Å². The summed E-state index contributed by atoms with van der Waals surface area (Å²) < 4.78 is 5.33. The summed E-state index contributed by atoms with van der Waals surface area (Å²) in [6.45, 7) is 3.55. The third-order valence-electron chi connectivity index (χ3n) is 5.11. The van der Waals surface area contributed by atoms with E-state index in [1.165, 1.54) is 17.8 Å². The Kier molecular flexibility index (Phi) is 3.29. The first-order chi connectivity index (χ1) is 10.7. The van der Waals surface area contributed by atoms with Crippen LogP contribution in [0.3, 0.4) is 0 Å². The maximum atomic E-state index is 12.6. The molecule has 6 heteroatoms. The fraction of sp³-hybridized carbons (Fsp3) is 0.562. The van der Waals surface area contributed by atoms with E-state index in [4.69, 9.17) is 4.52 Å². The monoisotopic (exact) mass is 317 g/mol. The second kappa shape index (κ2) is 5.19. The Balaban J connectivity index is 1.63. The lowest BCUT2D eigenvalue weighted by atomic mass is 9.80. The molecule has 5 nitrogen and oxygen atoms in total. The molecule has 0 radical (unpaired) electrons. The first-order valence-corrected chi connectivity index (χ1v) is 8.77. The first kappa shape index (κ1) is 13.9. The standard InChI is InChI=1S/C16H19N3O2S/c1-2-13-17-15(18-21-13)16-7-3-5-11(16)9-19(10-16)14(20)12-6-4-8-22-12/h4,6,8,11H,2-3,5,7,9-10H2,1H3/t11-,16-/m1/s1. The molecule has 0 bridgehead atoms. The zero-order chi connectivity index (χ0) is 15.2. The molecule has 1 amide bonds. The van der Waals surface area contributed by atoms with Gasteiger partial charge in [-0.2, -0.15) is 4.98 Å². The number of hydrogen-bond donors (Lipinski definition) is 0. The first-order valence-electron chi connectivity index (χ1n) is 7.89. The lowest BCUT2D eigenvalue weighted by Crippen LogP contribution is -2.35. The maximum Gasteiger partial charge on any atom is 0.263 e. The summed E-state index contributed by atoms with van der Waals surface area (Å²) in [6.07, 6.45) is 4.13. The summed E-state index contributed by atoms with van der Waals surface area (Å²) in [5.74, 6) is 2.10. The van der Waals surface area contributed by atoms with Gasteiger partial charge in [-0.3, -0.25) is 4.79 Å². The van der Waals surface area contributed by atoms with E-state index in [-0.39, 0.29) is 11.3 Å². The number of aryl methyl sites for hydroxylation is 1. The number of carbonyl (C=O) groups excluding carboxylic acids is 1. The predicted octanol–water partition coefficient (Wildman–Crippen LogP) is 2.89. The summed E-state index contributed by atoms with van der Waals surface area (Å²) in [6, 6.07) is 3.83. The van der Waals surface area contributed by atoms with Crippen LogP contribution in [0.2, 0.25) is 0 Å². The molecule has 1 saturated carbocycles. The smallest absolute Gasteiger partial charge is 0.263 e. The van der Waals surface area contributed by atoms with Crippen LogP contribution in [0.4, 0.5) is 0 Å². The van der Waals surface area contributed by atoms with E-state index < -0.39 is 0 Å². The van der Waals surface area contributed by atoms with E-state index in [2.05, 4.69) is 10.1 Å². The lowest BCUT2D eigenvalue weighted by molar-refractivity contribution is 0.0781. The van der Waals surface area contributed by atoms with Crippen molar-refractivity contribution in [2.24, 2.45) is 5.92 Å². The van der Waals surface area contributed by atoms with Crippen LogP contribution in [0.1, 0.15) is 47.6 Å². The Hall–Kier alpha value is -1.69. The van der Waals surface area contributed by atoms with Crippen LogP contribution in [0.5, 0.6) is 0 Å². The van der Waals surface area contributed by atoms with Crippen LogP contribution >= 0.6 is 11.3 Å². The number of thiophene rings is 1. The van der Waals surface area contributed by atoms with Gasteiger partial charge < -0.3 is 9.42 Å². The van der Waals surface area contributed by atoms with Crippen LogP contribution in [0.25, 0.3) is 0 Å². The highest BCUT2D eigenvalue weighted by atomic mass is 32.1. The van der Waals surface area contributed by atoms with Gasteiger partial charge in [-0.25, -0.2) is 0 Å². The second-order valence-electron chi connectivity index (χ2n) is 6.27. The Morgan fingerprint density at radius 2 is 2.50 bits per heavy atom. The van der Waals surface area contributed by atoms with Gasteiger partial charge in [-0.15, -0.1) is 11.3 Å². The van der Waals surface area contributed by atoms with E-state index in [1.807, 2.05) is 29.3 Å². The molecule has 2 aliphatic rings. The fourth-order valence-electron chi connectivity index (χ4n) is 3.97. The van der Waals surface area contributed by atoms with Crippen molar-refractivity contribution in [1.82, 2.24) is 15.0 Å². The molecule has 2 fully saturated rings. The molecule has 2 atom stereocenters. The van der Waals surface area contributed by atoms with Crippen molar-refractivity contribution in [1.29, 1.82) is 0 Å². The third kappa shape index (κ3) is 2.00. The van der Waals surface area contributed by atoms with Crippen LogP contribution in [-0.2, 0) is 11.8 Å². The topological polar surface area (TPSA) is 59.2 Å². The van der Waals surface area contributed by atoms with Gasteiger partial charge in [0.15, 0.2) is 5.82 Å². The minimum absolute atomic E-state index is 0.0934. The Labute approximate surface area is 133 Å². The number of carbonyl (C=O) groups is 1. The normalized spacial score (nSPS) is 27.3. The molecule has 2 aromatic heterocycles. The summed E-state index contributed by atoms with van der Waals surface area (Å²) >= 11 is 1.51. The van der Waals surface area contributed by atoms with Gasteiger partial charge in [0.25, 0.3) is 5.91 Å². The molecule has 22 heavy (non-hydrogen) atoms. The van der Waals surface area contributed by atoms with Crippen LogP contribution < -0.4 is 0 Å². The maximum absolute atomic E-state index is 12.6. The molecule has 3 heterocycles. The van der Waals surface area contributed by atoms with Gasteiger partial charge in [-0.05, 0) is 30.2 Å². The minimum atomic E-state index is -0.0934. The van der Waals surface area contributed by atoms with Crippen molar-refractivity contribution in [2.45, 2.75) is 38.0 Å². The number of amides is 1. The van der Waals surface area contributed by atoms with Crippen LogP contribution in [0.15, 0.2) is 22.0 Å². The number of rotatable bonds is 3. The van der Waals surface area contributed by atoms with Gasteiger partial charge in [0.05, 0.1) is 10.3 Å². The zero-order valence-electron chi connectivity index (χ0n) is 12.6. The minimum Gasteiger partial charge on any atom is -0.339 e. The fourth-order valence-corrected chi connectivity index (χ4v) is 4.66. The lowest BCUT2D eigenvalue weighted by Gasteiger charge is -2.24. The van der Waals surface area contributed by atoms with Crippen LogP contribution in [-0.4, -0.2) is 34.0 Å². The molecule has 0 aromatic carbocycles. The molecule has 1 aliphatic heterocycles. The average Bonchev–Trinajstić information content (AvgIpc) is 3.26. The van der Waals surface area contributed by atoms with E-state index in [0.29, 0.717) is 11.8 Å². The van der Waals surface area contributed by atoms with Gasteiger partial charge in [-0.1, -0.05) is 24.6 Å². The van der Waals surface area contributed by atoms with Gasteiger partial charge >= 0.3 is 0 Å². The molecule has 1 saturated heterocycles. The molecule has 1 aliphatic carbocycles. The SMILES string of the molecule is CCc1nc([C@@]23CCC[C@@H]2CN(C(=O)c2cccs2)C3)no1. The van der Waals surface area contributed by atoms with Crippen LogP contribution in [0, 0.1) is 5.92 Å². The highest BCUT2D eigenvalue weighted by molar-refractivity contribution is 7.12. The molecule has 0 N–H and O–H groups in total. The molecule has 0 spiro atoms. The molecular formula is C16H19N3O2S. The molecule has 0 unspecified atom stereocenters. The Morgan fingerprint density at radius 3 is 3.23 bits per heavy atom. The Morgan fingerprint density at radius 1 is 1.59 bits per heavy atom. The third-order valence-corrected chi connectivity index (χ3v) is 5.96. The summed E-state index contributed by atoms with van der Waals surface area (Å²) in [5, 5.41) is 6.19.